The van der Waals surface area contributed by atoms with Gasteiger partial charge in [-0.15, -0.1) is 0 Å². The van der Waals surface area contributed by atoms with Crippen LogP contribution >= 0.6 is 11.6 Å². The van der Waals surface area contributed by atoms with Gasteiger partial charge in [0.25, 0.3) is 0 Å². The first-order valence-corrected chi connectivity index (χ1v) is 8.82. The SMILES string of the molecule is Cc1ccc(C2CC(c3ccccc3)=Nc3cc(Cl)ccc3N2)cc1. The molecule has 0 aromatic heterocycles. The summed E-state index contributed by atoms with van der Waals surface area (Å²) in [5.74, 6) is 0. The number of aryl methyl sites for hydroxylation is 1. The lowest BCUT2D eigenvalue weighted by Gasteiger charge is -2.19. The summed E-state index contributed by atoms with van der Waals surface area (Å²) in [6.45, 7) is 2.11. The number of nitrogens with one attached hydrogen (secondary N) is 1. The minimum atomic E-state index is 0.169. The summed E-state index contributed by atoms with van der Waals surface area (Å²) < 4.78 is 0. The predicted molar refractivity (Wildman–Crippen MR) is 106 cm³/mol. The molecule has 0 fully saturated rings. The standard InChI is InChI=1S/C22H19ClN2/c1-15-7-9-17(10-8-15)21-14-20(16-5-3-2-4-6-16)25-22-13-18(23)11-12-19(22)24-21/h2-13,21,24H,14H2,1H3. The number of hydrogen-bond donors (Lipinski definition) is 1. The van der Waals surface area contributed by atoms with E-state index in [1.165, 1.54) is 11.1 Å². The number of hydrogen-bond acceptors (Lipinski definition) is 2. The van der Waals surface area contributed by atoms with Gasteiger partial charge in [-0.1, -0.05) is 71.8 Å². The van der Waals surface area contributed by atoms with Crippen LogP contribution in [0.4, 0.5) is 11.4 Å². The lowest BCUT2D eigenvalue weighted by atomic mass is 9.97. The molecule has 4 rings (SSSR count). The van der Waals surface area contributed by atoms with Crippen LogP contribution in [-0.2, 0) is 0 Å². The summed E-state index contributed by atoms with van der Waals surface area (Å²) in [7, 11) is 0. The third-order valence-electron chi connectivity index (χ3n) is 4.53. The Morgan fingerprint density at radius 3 is 2.48 bits per heavy atom. The van der Waals surface area contributed by atoms with Gasteiger partial charge in [0, 0.05) is 11.4 Å². The van der Waals surface area contributed by atoms with Gasteiger partial charge in [0.05, 0.1) is 23.1 Å². The second kappa shape index (κ2) is 6.73. The molecular weight excluding hydrogens is 328 g/mol. The van der Waals surface area contributed by atoms with Crippen LogP contribution in [0.25, 0.3) is 0 Å². The fourth-order valence-electron chi connectivity index (χ4n) is 3.16. The van der Waals surface area contributed by atoms with Crippen molar-refractivity contribution in [3.8, 4) is 0 Å². The van der Waals surface area contributed by atoms with Crippen LogP contribution in [-0.4, -0.2) is 5.71 Å². The van der Waals surface area contributed by atoms with E-state index >= 15 is 0 Å². The monoisotopic (exact) mass is 346 g/mol. The molecule has 3 heteroatoms. The summed E-state index contributed by atoms with van der Waals surface area (Å²) in [4.78, 5) is 4.93. The van der Waals surface area contributed by atoms with Crippen LogP contribution in [0.2, 0.25) is 5.02 Å². The normalized spacial score (nSPS) is 16.4. The van der Waals surface area contributed by atoms with Crippen molar-refractivity contribution in [1.82, 2.24) is 0 Å². The Morgan fingerprint density at radius 2 is 1.72 bits per heavy atom. The molecule has 0 saturated heterocycles. The summed E-state index contributed by atoms with van der Waals surface area (Å²) >= 11 is 6.20. The van der Waals surface area contributed by atoms with Crippen molar-refractivity contribution in [2.75, 3.05) is 5.32 Å². The molecule has 0 aliphatic carbocycles. The topological polar surface area (TPSA) is 24.4 Å². The van der Waals surface area contributed by atoms with Crippen LogP contribution in [0.5, 0.6) is 0 Å². The minimum Gasteiger partial charge on any atom is -0.376 e. The molecule has 3 aromatic rings. The van der Waals surface area contributed by atoms with Gasteiger partial charge >= 0.3 is 0 Å². The Labute approximate surface area is 153 Å². The molecule has 3 aromatic carbocycles. The van der Waals surface area contributed by atoms with Gasteiger partial charge in [0.1, 0.15) is 0 Å². The molecule has 1 aliphatic rings. The summed E-state index contributed by atoms with van der Waals surface area (Å²) in [5, 5.41) is 4.35. The maximum Gasteiger partial charge on any atom is 0.0879 e. The van der Waals surface area contributed by atoms with Gasteiger partial charge in [0.2, 0.25) is 0 Å². The number of aliphatic imine (C=N–C) groups is 1. The van der Waals surface area contributed by atoms with E-state index < -0.39 is 0 Å². The fraction of sp³-hybridized carbons (Fsp3) is 0.136. The molecule has 1 unspecified atom stereocenters. The van der Waals surface area contributed by atoms with E-state index in [2.05, 4.69) is 60.8 Å². The first kappa shape index (κ1) is 15.9. The molecule has 0 radical (unpaired) electrons. The predicted octanol–water partition coefficient (Wildman–Crippen LogP) is 6.33. The van der Waals surface area contributed by atoms with Gasteiger partial charge in [0.15, 0.2) is 0 Å². The average molecular weight is 347 g/mol. The second-order valence-corrected chi connectivity index (χ2v) is 6.83. The molecule has 124 valence electrons. The average Bonchev–Trinajstić information content (AvgIpc) is 2.82. The lowest BCUT2D eigenvalue weighted by Crippen LogP contribution is -2.14. The van der Waals surface area contributed by atoms with Crippen LogP contribution in [0, 0.1) is 6.92 Å². The van der Waals surface area contributed by atoms with E-state index in [-0.39, 0.29) is 6.04 Å². The molecule has 1 atom stereocenters. The van der Waals surface area contributed by atoms with Crippen molar-refractivity contribution in [1.29, 1.82) is 0 Å². The number of benzene rings is 3. The number of halogens is 1. The maximum atomic E-state index is 6.20. The van der Waals surface area contributed by atoms with Crippen molar-refractivity contribution in [3.63, 3.8) is 0 Å². The molecule has 0 amide bonds. The smallest absolute Gasteiger partial charge is 0.0879 e. The van der Waals surface area contributed by atoms with Crippen molar-refractivity contribution >= 4 is 28.7 Å². The van der Waals surface area contributed by atoms with Crippen LogP contribution in [0.15, 0.2) is 77.8 Å². The maximum absolute atomic E-state index is 6.20. The van der Waals surface area contributed by atoms with Gasteiger partial charge in [-0.25, -0.2) is 0 Å². The van der Waals surface area contributed by atoms with Gasteiger partial charge in [-0.2, -0.15) is 0 Å². The van der Waals surface area contributed by atoms with Gasteiger partial charge in [-0.05, 0) is 36.2 Å². The van der Waals surface area contributed by atoms with E-state index in [1.54, 1.807) is 0 Å². The third-order valence-corrected chi connectivity index (χ3v) is 4.76. The van der Waals surface area contributed by atoms with E-state index in [0.717, 1.165) is 29.1 Å². The third kappa shape index (κ3) is 3.45. The Hall–Kier alpha value is -2.58. The molecule has 25 heavy (non-hydrogen) atoms. The first-order valence-electron chi connectivity index (χ1n) is 8.45. The van der Waals surface area contributed by atoms with E-state index in [4.69, 9.17) is 16.6 Å². The van der Waals surface area contributed by atoms with Crippen LogP contribution in [0.3, 0.4) is 0 Å². The lowest BCUT2D eigenvalue weighted by molar-refractivity contribution is 0.828. The zero-order chi connectivity index (χ0) is 17.2. The minimum absolute atomic E-state index is 0.169. The second-order valence-electron chi connectivity index (χ2n) is 6.40. The Kier molecular flexibility index (Phi) is 4.29. The molecular formula is C22H19ClN2. The Bertz CT molecular complexity index is 915. The van der Waals surface area contributed by atoms with Gasteiger partial charge in [-0.3, -0.25) is 4.99 Å². The molecule has 1 heterocycles. The van der Waals surface area contributed by atoms with Crippen LogP contribution < -0.4 is 5.32 Å². The van der Waals surface area contributed by atoms with E-state index in [0.29, 0.717) is 5.02 Å². The molecule has 2 nitrogen and oxygen atoms in total. The van der Waals surface area contributed by atoms with Crippen molar-refractivity contribution < 1.29 is 0 Å². The fourth-order valence-corrected chi connectivity index (χ4v) is 3.32. The molecule has 0 saturated carbocycles. The van der Waals surface area contributed by atoms with Crippen molar-refractivity contribution in [2.45, 2.75) is 19.4 Å². The highest BCUT2D eigenvalue weighted by Gasteiger charge is 2.21. The number of fused-ring (bicyclic) bond motifs is 1. The molecule has 1 aliphatic heterocycles. The quantitative estimate of drug-likeness (QED) is 0.576. The highest BCUT2D eigenvalue weighted by atomic mass is 35.5. The Balaban J connectivity index is 1.81. The van der Waals surface area contributed by atoms with E-state index in [1.807, 2.05) is 24.3 Å². The van der Waals surface area contributed by atoms with Crippen molar-refractivity contribution in [2.24, 2.45) is 4.99 Å². The zero-order valence-corrected chi connectivity index (χ0v) is 14.8. The highest BCUT2D eigenvalue weighted by Crippen LogP contribution is 2.37. The van der Waals surface area contributed by atoms with E-state index in [9.17, 15) is 0 Å². The molecule has 0 bridgehead atoms. The highest BCUT2D eigenvalue weighted by molar-refractivity contribution is 6.31. The first-order chi connectivity index (χ1) is 12.2. The summed E-state index contributed by atoms with van der Waals surface area (Å²) in [6.07, 6.45) is 0.819. The molecule has 0 spiro atoms. The zero-order valence-electron chi connectivity index (χ0n) is 14.0. The number of nitrogens with zero attached hydrogens (tertiary/aromatic N) is 1. The summed E-state index contributed by atoms with van der Waals surface area (Å²) in [6, 6.07) is 25.1. The van der Waals surface area contributed by atoms with Crippen LogP contribution in [0.1, 0.15) is 29.2 Å². The molecule has 1 N–H and O–H groups in total. The van der Waals surface area contributed by atoms with Crippen molar-refractivity contribution in [3.05, 3.63) is 94.5 Å². The number of anilines is 1. The largest absolute Gasteiger partial charge is 0.376 e. The number of rotatable bonds is 2. The summed E-state index contributed by atoms with van der Waals surface area (Å²) in [5.41, 5.74) is 6.65. The Morgan fingerprint density at radius 1 is 0.960 bits per heavy atom. The van der Waals surface area contributed by atoms with Gasteiger partial charge < -0.3 is 5.32 Å².